The number of nitrogens with one attached hydrogen (secondary N) is 2. The SMILES string of the molecule is CC1Cc2nc(C(=O)N3CCN(S(=O)(=O)c4cc5cc(Cl)ccc5[nH]4)CC3CCOc3ccccc3)sc2CN1. The first kappa shape index (κ1) is 27.2. The van der Waals surface area contributed by atoms with Gasteiger partial charge in [-0.25, -0.2) is 13.4 Å². The predicted octanol–water partition coefficient (Wildman–Crippen LogP) is 4.30. The number of hydrogen-bond donors (Lipinski definition) is 2. The minimum absolute atomic E-state index is 0.109. The van der Waals surface area contributed by atoms with E-state index >= 15 is 0 Å². The molecule has 4 heterocycles. The van der Waals surface area contributed by atoms with Crippen molar-refractivity contribution >= 4 is 49.8 Å². The third-order valence-electron chi connectivity index (χ3n) is 7.42. The number of nitrogens with zero attached hydrogens (tertiary/aromatic N) is 3. The van der Waals surface area contributed by atoms with Crippen LogP contribution in [0.5, 0.6) is 5.75 Å². The Labute approximate surface area is 242 Å². The monoisotopic (exact) mass is 599 g/mol. The summed E-state index contributed by atoms with van der Waals surface area (Å²) < 4.78 is 34.8. The van der Waals surface area contributed by atoms with Crippen LogP contribution in [0.1, 0.15) is 33.7 Å². The number of thiazole rings is 1. The van der Waals surface area contributed by atoms with Crippen LogP contribution >= 0.6 is 22.9 Å². The van der Waals surface area contributed by atoms with Crippen LogP contribution in [0, 0.1) is 0 Å². The molecule has 1 saturated heterocycles. The van der Waals surface area contributed by atoms with Gasteiger partial charge in [0.1, 0.15) is 10.8 Å². The van der Waals surface area contributed by atoms with Gasteiger partial charge in [-0.2, -0.15) is 4.31 Å². The van der Waals surface area contributed by atoms with E-state index in [9.17, 15) is 13.2 Å². The number of H-pyrrole nitrogens is 1. The number of hydrogen-bond acceptors (Lipinski definition) is 7. The van der Waals surface area contributed by atoms with E-state index in [1.807, 2.05) is 30.3 Å². The number of aromatic amines is 1. The lowest BCUT2D eigenvalue weighted by atomic mass is 10.1. The highest BCUT2D eigenvalue weighted by Gasteiger charge is 2.38. The van der Waals surface area contributed by atoms with Gasteiger partial charge in [-0.3, -0.25) is 4.79 Å². The van der Waals surface area contributed by atoms with Gasteiger partial charge in [-0.1, -0.05) is 29.8 Å². The first-order valence-electron chi connectivity index (χ1n) is 13.3. The van der Waals surface area contributed by atoms with Gasteiger partial charge in [0.15, 0.2) is 5.01 Å². The summed E-state index contributed by atoms with van der Waals surface area (Å²) in [6.07, 6.45) is 1.26. The summed E-state index contributed by atoms with van der Waals surface area (Å²) in [4.78, 5) is 24.3. The molecule has 2 aliphatic rings. The molecule has 2 atom stereocenters. The molecule has 1 amide bonds. The lowest BCUT2D eigenvalue weighted by Gasteiger charge is -2.40. The Hall–Kier alpha value is -2.96. The van der Waals surface area contributed by atoms with Crippen molar-refractivity contribution in [2.45, 2.75) is 43.4 Å². The molecule has 0 saturated carbocycles. The standard InChI is InChI=1S/C28H30ClN5O4S2/c1-18-13-24-25(16-30-18)39-27(32-24)28(35)34-11-10-33(17-21(34)9-12-38-22-5-3-2-4-6-22)40(36,37)26-15-19-14-20(29)7-8-23(19)31-26/h2-8,14-15,18,21,30-31H,9-13,16-17H2,1H3. The minimum Gasteiger partial charge on any atom is -0.494 e. The van der Waals surface area contributed by atoms with Crippen LogP contribution in [-0.4, -0.2) is 71.8 Å². The molecule has 0 spiro atoms. The Kier molecular flexibility index (Phi) is 7.58. The summed E-state index contributed by atoms with van der Waals surface area (Å²) in [5.74, 6) is 0.570. The lowest BCUT2D eigenvalue weighted by molar-refractivity contribution is 0.0526. The maximum atomic E-state index is 13.7. The molecule has 40 heavy (non-hydrogen) atoms. The number of rotatable bonds is 7. The van der Waals surface area contributed by atoms with Crippen LogP contribution in [-0.2, 0) is 23.0 Å². The number of amides is 1. The van der Waals surface area contributed by atoms with Gasteiger partial charge in [-0.15, -0.1) is 11.3 Å². The average molecular weight is 600 g/mol. The second-order valence-electron chi connectivity index (χ2n) is 10.2. The van der Waals surface area contributed by atoms with Crippen LogP contribution < -0.4 is 10.1 Å². The number of carbonyl (C=O) groups is 1. The van der Waals surface area contributed by atoms with E-state index < -0.39 is 10.0 Å². The van der Waals surface area contributed by atoms with Crippen molar-refractivity contribution in [1.82, 2.24) is 24.5 Å². The van der Waals surface area contributed by atoms with Crippen molar-refractivity contribution in [3.63, 3.8) is 0 Å². The van der Waals surface area contributed by atoms with Gasteiger partial charge < -0.3 is 19.9 Å². The molecule has 0 bridgehead atoms. The first-order chi connectivity index (χ1) is 19.3. The predicted molar refractivity (Wildman–Crippen MR) is 156 cm³/mol. The summed E-state index contributed by atoms with van der Waals surface area (Å²) in [5, 5.41) is 5.25. The molecule has 1 fully saturated rings. The Morgan fingerprint density at radius 3 is 2.83 bits per heavy atom. The first-order valence-corrected chi connectivity index (χ1v) is 15.9. The fraction of sp³-hybridized carbons (Fsp3) is 0.357. The van der Waals surface area contributed by atoms with E-state index in [1.165, 1.54) is 15.6 Å². The van der Waals surface area contributed by atoms with Crippen LogP contribution in [0.4, 0.5) is 0 Å². The molecular weight excluding hydrogens is 570 g/mol. The molecule has 4 aromatic rings. The van der Waals surface area contributed by atoms with E-state index in [0.29, 0.717) is 41.2 Å². The largest absolute Gasteiger partial charge is 0.494 e. The molecule has 12 heteroatoms. The Morgan fingerprint density at radius 2 is 2.00 bits per heavy atom. The molecule has 9 nitrogen and oxygen atoms in total. The zero-order valence-corrected chi connectivity index (χ0v) is 24.4. The highest BCUT2D eigenvalue weighted by molar-refractivity contribution is 7.89. The Bertz CT molecular complexity index is 1640. The average Bonchev–Trinajstić information content (AvgIpc) is 3.57. The zero-order valence-electron chi connectivity index (χ0n) is 22.0. The molecule has 210 valence electrons. The van der Waals surface area contributed by atoms with E-state index in [1.54, 1.807) is 29.2 Å². The van der Waals surface area contributed by atoms with Crippen molar-refractivity contribution in [2.24, 2.45) is 0 Å². The highest BCUT2D eigenvalue weighted by Crippen LogP contribution is 2.29. The maximum Gasteiger partial charge on any atom is 0.283 e. The number of carbonyl (C=O) groups excluding carboxylic acids is 1. The lowest BCUT2D eigenvalue weighted by Crippen LogP contribution is -2.56. The molecule has 0 aliphatic carbocycles. The minimum atomic E-state index is -3.83. The van der Waals surface area contributed by atoms with E-state index in [-0.39, 0.29) is 36.6 Å². The van der Waals surface area contributed by atoms with Crippen molar-refractivity contribution in [3.05, 3.63) is 75.2 Å². The Morgan fingerprint density at radius 1 is 1.18 bits per heavy atom. The van der Waals surface area contributed by atoms with Gasteiger partial charge in [-0.05, 0) is 43.3 Å². The summed E-state index contributed by atoms with van der Waals surface area (Å²) in [7, 11) is -3.83. The van der Waals surface area contributed by atoms with Crippen molar-refractivity contribution in [2.75, 3.05) is 26.2 Å². The summed E-state index contributed by atoms with van der Waals surface area (Å²) in [6.45, 7) is 3.76. The number of para-hydroxylation sites is 1. The van der Waals surface area contributed by atoms with E-state index in [4.69, 9.17) is 21.3 Å². The number of fused-ring (bicyclic) bond motifs is 2. The molecular formula is C28H30ClN5O4S2. The quantitative estimate of drug-likeness (QED) is 0.328. The topological polar surface area (TPSA) is 108 Å². The van der Waals surface area contributed by atoms with Gasteiger partial charge in [0.25, 0.3) is 15.9 Å². The number of piperazine rings is 1. The summed E-state index contributed by atoms with van der Waals surface area (Å²) in [5.41, 5.74) is 1.67. The maximum absolute atomic E-state index is 13.7. The molecule has 0 radical (unpaired) electrons. The van der Waals surface area contributed by atoms with Gasteiger partial charge >= 0.3 is 0 Å². The highest BCUT2D eigenvalue weighted by atomic mass is 35.5. The third-order valence-corrected chi connectivity index (χ3v) is 10.5. The molecule has 2 aromatic carbocycles. The molecule has 2 unspecified atom stereocenters. The Balaban J connectivity index is 1.24. The molecule has 2 aromatic heterocycles. The molecule has 2 aliphatic heterocycles. The third kappa shape index (κ3) is 5.48. The van der Waals surface area contributed by atoms with Crippen LogP contribution in [0.2, 0.25) is 5.02 Å². The van der Waals surface area contributed by atoms with Gasteiger partial charge in [0.2, 0.25) is 0 Å². The second kappa shape index (κ2) is 11.1. The smallest absolute Gasteiger partial charge is 0.283 e. The fourth-order valence-electron chi connectivity index (χ4n) is 5.27. The second-order valence-corrected chi connectivity index (χ2v) is 13.6. The van der Waals surface area contributed by atoms with Crippen molar-refractivity contribution in [3.8, 4) is 5.75 Å². The molecule has 6 rings (SSSR count). The number of benzene rings is 2. The molecule has 2 N–H and O–H groups in total. The number of ether oxygens (including phenoxy) is 1. The number of sulfonamides is 1. The van der Waals surface area contributed by atoms with Gasteiger partial charge in [0.05, 0.1) is 12.3 Å². The normalized spacial score (nSPS) is 20.0. The van der Waals surface area contributed by atoms with E-state index in [2.05, 4.69) is 17.2 Å². The summed E-state index contributed by atoms with van der Waals surface area (Å²) >= 11 is 7.53. The van der Waals surface area contributed by atoms with Crippen LogP contribution in [0.25, 0.3) is 10.9 Å². The van der Waals surface area contributed by atoms with Crippen molar-refractivity contribution in [1.29, 1.82) is 0 Å². The van der Waals surface area contributed by atoms with Crippen LogP contribution in [0.15, 0.2) is 59.6 Å². The number of halogens is 1. The zero-order chi connectivity index (χ0) is 27.9. The van der Waals surface area contributed by atoms with Crippen molar-refractivity contribution < 1.29 is 17.9 Å². The van der Waals surface area contributed by atoms with E-state index in [0.717, 1.165) is 28.1 Å². The van der Waals surface area contributed by atoms with Crippen LogP contribution in [0.3, 0.4) is 0 Å². The summed E-state index contributed by atoms with van der Waals surface area (Å²) in [6, 6.07) is 16.2. The fourth-order valence-corrected chi connectivity index (χ4v) is 7.93. The number of aromatic nitrogens is 2. The van der Waals surface area contributed by atoms with Gasteiger partial charge in [0, 0.05) is 71.9 Å².